The van der Waals surface area contributed by atoms with Crippen LogP contribution >= 0.6 is 0 Å². The molecular weight excluding hydrogens is 492 g/mol. The van der Waals surface area contributed by atoms with E-state index in [0.717, 1.165) is 50.0 Å². The van der Waals surface area contributed by atoms with Crippen LogP contribution < -0.4 is 5.32 Å². The van der Waals surface area contributed by atoms with Crippen molar-refractivity contribution in [3.8, 4) is 0 Å². The Kier molecular flexibility index (Phi) is 8.14. The van der Waals surface area contributed by atoms with E-state index in [-0.39, 0.29) is 18.0 Å². The van der Waals surface area contributed by atoms with Gasteiger partial charge in [0, 0.05) is 63.1 Å². The number of fused-ring (bicyclic) bond motifs is 2. The number of nitrogens with zero attached hydrogens (tertiary/aromatic N) is 3. The third-order valence-corrected chi connectivity index (χ3v) is 7.83. The second kappa shape index (κ2) is 11.6. The Labute approximate surface area is 231 Å². The maximum atomic E-state index is 13.3. The van der Waals surface area contributed by atoms with Crippen molar-refractivity contribution in [2.45, 2.75) is 70.7 Å². The molecule has 8 nitrogen and oxygen atoms in total. The normalized spacial score (nSPS) is 20.7. The summed E-state index contributed by atoms with van der Waals surface area (Å²) in [7, 11) is 0. The topological polar surface area (TPSA) is 85.3 Å². The van der Waals surface area contributed by atoms with Crippen LogP contribution in [0.3, 0.4) is 0 Å². The number of hydrogen-bond donors (Lipinski definition) is 2. The molecule has 3 aliphatic rings. The third-order valence-electron chi connectivity index (χ3n) is 7.83. The summed E-state index contributed by atoms with van der Waals surface area (Å²) in [5.74, 6) is -0.0143. The second-order valence-electron chi connectivity index (χ2n) is 12.2. The van der Waals surface area contributed by atoms with Gasteiger partial charge in [0.1, 0.15) is 5.60 Å². The maximum absolute atomic E-state index is 13.3. The summed E-state index contributed by atoms with van der Waals surface area (Å²) in [6.45, 7) is 10.2. The zero-order valence-corrected chi connectivity index (χ0v) is 23.5. The number of nitrogens with one attached hydrogen (secondary N) is 1. The maximum Gasteiger partial charge on any atom is 0.410 e. The minimum atomic E-state index is -0.582. The molecule has 1 fully saturated rings. The van der Waals surface area contributed by atoms with Crippen LogP contribution in [0, 0.1) is 0 Å². The number of β-amino-alcohol motifs (C(OH)–C–C–N with tert-alkyl or cyclic N) is 1. The van der Waals surface area contributed by atoms with E-state index in [1.807, 2.05) is 32.9 Å². The van der Waals surface area contributed by atoms with Crippen LogP contribution in [0.25, 0.3) is 0 Å². The van der Waals surface area contributed by atoms with Crippen LogP contribution in [0.1, 0.15) is 60.7 Å². The molecule has 1 unspecified atom stereocenters. The van der Waals surface area contributed by atoms with Crippen molar-refractivity contribution < 1.29 is 19.4 Å². The summed E-state index contributed by atoms with van der Waals surface area (Å²) in [6, 6.07) is 14.5. The summed E-state index contributed by atoms with van der Waals surface area (Å²) in [4.78, 5) is 31.6. The van der Waals surface area contributed by atoms with Crippen LogP contribution in [-0.2, 0) is 24.1 Å². The number of carbonyl (C=O) groups is 2. The number of aliphatic hydroxyl groups is 1. The summed E-state index contributed by atoms with van der Waals surface area (Å²) in [5.41, 5.74) is 4.93. The van der Waals surface area contributed by atoms with Crippen molar-refractivity contribution in [1.82, 2.24) is 14.7 Å². The molecule has 2 N–H and O–H groups in total. The molecule has 0 spiro atoms. The summed E-state index contributed by atoms with van der Waals surface area (Å²) in [6.07, 6.45) is 2.80. The average Bonchev–Trinajstić information content (AvgIpc) is 2.89. The van der Waals surface area contributed by atoms with E-state index in [1.165, 1.54) is 11.1 Å². The minimum Gasteiger partial charge on any atom is -0.444 e. The number of anilines is 1. The highest BCUT2D eigenvalue weighted by atomic mass is 16.6. The van der Waals surface area contributed by atoms with E-state index in [1.54, 1.807) is 9.80 Å². The Morgan fingerprint density at radius 3 is 2.62 bits per heavy atom. The van der Waals surface area contributed by atoms with Gasteiger partial charge in [-0.3, -0.25) is 9.69 Å². The first kappa shape index (κ1) is 27.5. The Morgan fingerprint density at radius 1 is 1.05 bits per heavy atom. The van der Waals surface area contributed by atoms with Crippen LogP contribution in [0.4, 0.5) is 10.5 Å². The van der Waals surface area contributed by atoms with Crippen molar-refractivity contribution in [2.75, 3.05) is 44.6 Å². The molecule has 0 radical (unpaired) electrons. The minimum absolute atomic E-state index is 0.0143. The number of benzene rings is 2. The summed E-state index contributed by atoms with van der Waals surface area (Å²) in [5, 5.41) is 14.4. The first-order chi connectivity index (χ1) is 18.6. The van der Waals surface area contributed by atoms with Gasteiger partial charge in [-0.05, 0) is 81.3 Å². The SMILES string of the molecule is CC(C)(C)OC(=O)N1CCCC(Nc2ccc3c(c2)CCN(C[C@H](O)CN2CCc4ccccc4C2)C3=O)C1. The number of aliphatic hydroxyl groups excluding tert-OH is 1. The predicted octanol–water partition coefficient (Wildman–Crippen LogP) is 3.92. The number of carbonyl (C=O) groups excluding carboxylic acids is 2. The van der Waals surface area contributed by atoms with Crippen molar-refractivity contribution >= 4 is 17.7 Å². The summed E-state index contributed by atoms with van der Waals surface area (Å²) >= 11 is 0. The predicted molar refractivity (Wildman–Crippen MR) is 152 cm³/mol. The van der Waals surface area contributed by atoms with Crippen molar-refractivity contribution in [3.05, 3.63) is 64.7 Å². The monoisotopic (exact) mass is 534 g/mol. The van der Waals surface area contributed by atoms with Crippen LogP contribution in [0.2, 0.25) is 0 Å². The highest BCUT2D eigenvalue weighted by Gasteiger charge is 2.30. The molecule has 0 aliphatic carbocycles. The Hall–Kier alpha value is -3.10. The molecular formula is C31H42N4O4. The number of piperidine rings is 1. The van der Waals surface area contributed by atoms with Gasteiger partial charge >= 0.3 is 6.09 Å². The fourth-order valence-corrected chi connectivity index (χ4v) is 5.94. The smallest absolute Gasteiger partial charge is 0.410 e. The average molecular weight is 535 g/mol. The lowest BCUT2D eigenvalue weighted by molar-refractivity contribution is 0.0206. The van der Waals surface area contributed by atoms with Gasteiger partial charge in [-0.15, -0.1) is 0 Å². The lowest BCUT2D eigenvalue weighted by Gasteiger charge is -2.35. The lowest BCUT2D eigenvalue weighted by Crippen LogP contribution is -2.47. The Balaban J connectivity index is 1.14. The number of amides is 2. The molecule has 0 bridgehead atoms. The van der Waals surface area contributed by atoms with Gasteiger partial charge in [-0.25, -0.2) is 4.79 Å². The Morgan fingerprint density at radius 2 is 1.82 bits per heavy atom. The fraction of sp³-hybridized carbons (Fsp3) is 0.548. The van der Waals surface area contributed by atoms with E-state index >= 15 is 0 Å². The van der Waals surface area contributed by atoms with Gasteiger partial charge < -0.3 is 25.0 Å². The van der Waals surface area contributed by atoms with Gasteiger partial charge in [0.25, 0.3) is 5.91 Å². The molecule has 39 heavy (non-hydrogen) atoms. The van der Waals surface area contributed by atoms with Crippen molar-refractivity contribution in [1.29, 1.82) is 0 Å². The molecule has 0 saturated carbocycles. The number of hydrogen-bond acceptors (Lipinski definition) is 6. The van der Waals surface area contributed by atoms with Gasteiger partial charge in [0.05, 0.1) is 6.10 Å². The quantitative estimate of drug-likeness (QED) is 0.585. The molecule has 3 heterocycles. The zero-order valence-electron chi connectivity index (χ0n) is 23.5. The molecule has 8 heteroatoms. The first-order valence-electron chi connectivity index (χ1n) is 14.3. The van der Waals surface area contributed by atoms with Crippen molar-refractivity contribution in [3.63, 3.8) is 0 Å². The van der Waals surface area contributed by atoms with E-state index in [9.17, 15) is 14.7 Å². The first-order valence-corrected chi connectivity index (χ1v) is 14.3. The van der Waals surface area contributed by atoms with Gasteiger partial charge in [-0.2, -0.15) is 0 Å². The highest BCUT2D eigenvalue weighted by Crippen LogP contribution is 2.26. The van der Waals surface area contributed by atoms with Crippen LogP contribution in [-0.4, -0.2) is 88.8 Å². The molecule has 1 saturated heterocycles. The molecule has 2 amide bonds. The number of ether oxygens (including phenoxy) is 1. The van der Waals surface area contributed by atoms with Gasteiger partial charge in [0.15, 0.2) is 0 Å². The number of rotatable bonds is 6. The van der Waals surface area contributed by atoms with E-state index < -0.39 is 11.7 Å². The molecule has 2 aromatic carbocycles. The molecule has 210 valence electrons. The van der Waals surface area contributed by atoms with E-state index in [4.69, 9.17) is 4.74 Å². The van der Waals surface area contributed by atoms with Crippen LogP contribution in [0.5, 0.6) is 0 Å². The number of likely N-dealkylation sites (tertiary alicyclic amines) is 1. The van der Waals surface area contributed by atoms with E-state index in [0.29, 0.717) is 38.3 Å². The zero-order chi connectivity index (χ0) is 27.6. The molecule has 2 atom stereocenters. The van der Waals surface area contributed by atoms with Crippen LogP contribution in [0.15, 0.2) is 42.5 Å². The lowest BCUT2D eigenvalue weighted by atomic mass is 9.97. The standard InChI is InChI=1S/C31H42N4O4/c1-31(2,3)39-30(38)35-14-6-9-26(19-35)32-25-10-11-28-23(17-25)13-16-34(29(28)37)21-27(36)20-33-15-12-22-7-4-5-8-24(22)18-33/h4-5,7-8,10-11,17,26-27,32,36H,6,9,12-16,18-21H2,1-3H3/t26?,27-/m1/s1. The molecule has 5 rings (SSSR count). The molecule has 0 aromatic heterocycles. The highest BCUT2D eigenvalue weighted by molar-refractivity contribution is 5.97. The third kappa shape index (κ3) is 6.92. The Bertz CT molecular complexity index is 1190. The van der Waals surface area contributed by atoms with E-state index in [2.05, 4.69) is 40.5 Å². The van der Waals surface area contributed by atoms with Gasteiger partial charge in [-0.1, -0.05) is 24.3 Å². The van der Waals surface area contributed by atoms with Gasteiger partial charge in [0.2, 0.25) is 0 Å². The molecule has 2 aromatic rings. The summed E-state index contributed by atoms with van der Waals surface area (Å²) < 4.78 is 5.55. The van der Waals surface area contributed by atoms with Crippen molar-refractivity contribution in [2.24, 2.45) is 0 Å². The second-order valence-corrected chi connectivity index (χ2v) is 12.2. The fourth-order valence-electron chi connectivity index (χ4n) is 5.94. The largest absolute Gasteiger partial charge is 0.444 e. The molecule has 3 aliphatic heterocycles.